The summed E-state index contributed by atoms with van der Waals surface area (Å²) < 4.78 is 0. The molecule has 0 aromatic heterocycles. The van der Waals surface area contributed by atoms with Gasteiger partial charge in [0.1, 0.15) is 0 Å². The normalized spacial score (nSPS) is 20.9. The highest BCUT2D eigenvalue weighted by molar-refractivity contribution is 5.24. The molecule has 2 rings (SSSR count). The number of rotatable bonds is 12. The van der Waals surface area contributed by atoms with Crippen LogP contribution in [0.1, 0.15) is 102 Å². The largest absolute Gasteiger partial charge is 0.198 e. The van der Waals surface area contributed by atoms with Gasteiger partial charge in [0.25, 0.3) is 0 Å². The number of aryl methyl sites for hydroxylation is 1. The van der Waals surface area contributed by atoms with Crippen LogP contribution in [0.2, 0.25) is 0 Å². The molecule has 0 aliphatic heterocycles. The molecule has 27 heavy (non-hydrogen) atoms. The van der Waals surface area contributed by atoms with Gasteiger partial charge in [0.05, 0.1) is 12.0 Å². The maximum atomic E-state index is 9.75. The maximum Gasteiger partial charge on any atom is 0.0662 e. The van der Waals surface area contributed by atoms with Gasteiger partial charge in [-0.2, -0.15) is 5.26 Å². The number of nitriles is 1. The van der Waals surface area contributed by atoms with E-state index in [0.29, 0.717) is 5.92 Å². The van der Waals surface area contributed by atoms with E-state index in [4.69, 9.17) is 0 Å². The lowest BCUT2D eigenvalue weighted by molar-refractivity contribution is 0.221. The van der Waals surface area contributed by atoms with E-state index in [2.05, 4.69) is 44.2 Å². The van der Waals surface area contributed by atoms with E-state index in [1.165, 1.54) is 94.6 Å². The molecule has 1 fully saturated rings. The Morgan fingerprint density at radius 3 is 2.11 bits per heavy atom. The van der Waals surface area contributed by atoms with E-state index >= 15 is 0 Å². The summed E-state index contributed by atoms with van der Waals surface area (Å²) in [5, 5.41) is 9.75. The number of hydrogen-bond donors (Lipinski definition) is 0. The molecule has 0 bridgehead atoms. The summed E-state index contributed by atoms with van der Waals surface area (Å²) in [7, 11) is 0. The molecule has 1 aliphatic carbocycles. The Bertz CT molecular complexity index is 530. The molecule has 1 aromatic carbocycles. The first-order chi connectivity index (χ1) is 13.3. The molecule has 0 radical (unpaired) electrons. The monoisotopic (exact) mass is 367 g/mol. The van der Waals surface area contributed by atoms with Crippen molar-refractivity contribution in [3.63, 3.8) is 0 Å². The van der Waals surface area contributed by atoms with E-state index in [1.54, 1.807) is 0 Å². The molecule has 1 heteroatoms. The number of benzene rings is 1. The van der Waals surface area contributed by atoms with Gasteiger partial charge in [0.2, 0.25) is 0 Å². The van der Waals surface area contributed by atoms with Gasteiger partial charge in [-0.15, -0.1) is 0 Å². The fourth-order valence-electron chi connectivity index (χ4n) is 4.73. The Hall–Kier alpha value is -1.29. The van der Waals surface area contributed by atoms with Crippen molar-refractivity contribution in [2.24, 2.45) is 17.8 Å². The molecule has 1 saturated carbocycles. The molecule has 0 saturated heterocycles. The molecule has 0 heterocycles. The van der Waals surface area contributed by atoms with Crippen LogP contribution >= 0.6 is 0 Å². The van der Waals surface area contributed by atoms with Crippen molar-refractivity contribution in [3.8, 4) is 6.07 Å². The lowest BCUT2D eigenvalue weighted by Crippen LogP contribution is -2.22. The molecule has 150 valence electrons. The van der Waals surface area contributed by atoms with Gasteiger partial charge in [-0.3, -0.25) is 0 Å². The minimum atomic E-state index is 0.206. The van der Waals surface area contributed by atoms with Crippen LogP contribution in [0.4, 0.5) is 0 Å². The van der Waals surface area contributed by atoms with E-state index in [1.807, 2.05) is 0 Å². The van der Waals surface area contributed by atoms with Crippen LogP contribution in [0.25, 0.3) is 0 Å². The van der Waals surface area contributed by atoms with E-state index in [9.17, 15) is 5.26 Å². The molecular weight excluding hydrogens is 326 g/mol. The quantitative estimate of drug-likeness (QED) is 0.345. The number of nitrogens with zero attached hydrogens (tertiary/aromatic N) is 1. The van der Waals surface area contributed by atoms with Crippen molar-refractivity contribution in [2.75, 3.05) is 0 Å². The zero-order chi connectivity index (χ0) is 19.3. The van der Waals surface area contributed by atoms with Crippen LogP contribution in [-0.2, 0) is 12.8 Å². The molecule has 0 N–H and O–H groups in total. The van der Waals surface area contributed by atoms with Crippen LogP contribution in [0.3, 0.4) is 0 Å². The molecule has 1 aromatic rings. The predicted molar refractivity (Wildman–Crippen MR) is 117 cm³/mol. The van der Waals surface area contributed by atoms with E-state index in [-0.39, 0.29) is 5.92 Å². The molecule has 1 nitrogen and oxygen atoms in total. The Morgan fingerprint density at radius 2 is 1.48 bits per heavy atom. The van der Waals surface area contributed by atoms with Gasteiger partial charge < -0.3 is 0 Å². The third kappa shape index (κ3) is 8.08. The molecule has 0 spiro atoms. The van der Waals surface area contributed by atoms with Crippen molar-refractivity contribution in [2.45, 2.75) is 104 Å². The lowest BCUT2D eigenvalue weighted by atomic mass is 9.73. The molecule has 1 atom stereocenters. The topological polar surface area (TPSA) is 23.8 Å². The molecule has 0 amide bonds. The second-order valence-corrected chi connectivity index (χ2v) is 8.84. The highest BCUT2D eigenvalue weighted by Gasteiger charge is 2.27. The second-order valence-electron chi connectivity index (χ2n) is 8.84. The summed E-state index contributed by atoms with van der Waals surface area (Å²) in [4.78, 5) is 0. The van der Waals surface area contributed by atoms with Crippen LogP contribution in [0, 0.1) is 29.1 Å². The summed E-state index contributed by atoms with van der Waals surface area (Å²) in [5.41, 5.74) is 2.81. The first kappa shape index (κ1) is 22.0. The van der Waals surface area contributed by atoms with Gasteiger partial charge in [-0.25, -0.2) is 0 Å². The van der Waals surface area contributed by atoms with Gasteiger partial charge in [0, 0.05) is 0 Å². The Balaban J connectivity index is 1.75. The van der Waals surface area contributed by atoms with Crippen LogP contribution < -0.4 is 0 Å². The Labute approximate surface area is 168 Å². The first-order valence-corrected chi connectivity index (χ1v) is 11.7. The average molecular weight is 368 g/mol. The summed E-state index contributed by atoms with van der Waals surface area (Å²) in [6, 6.07) is 11.8. The zero-order valence-corrected chi connectivity index (χ0v) is 17.9. The number of hydrogen-bond acceptors (Lipinski definition) is 1. The highest BCUT2D eigenvalue weighted by atomic mass is 14.4. The highest BCUT2D eigenvalue weighted by Crippen LogP contribution is 2.36. The van der Waals surface area contributed by atoms with Crippen LogP contribution in [0.5, 0.6) is 0 Å². The summed E-state index contributed by atoms with van der Waals surface area (Å²) in [6.07, 6.45) is 18.2. The van der Waals surface area contributed by atoms with Gasteiger partial charge >= 0.3 is 0 Å². The third-order valence-electron chi connectivity index (χ3n) is 6.64. The van der Waals surface area contributed by atoms with Crippen LogP contribution in [-0.4, -0.2) is 0 Å². The Kier molecular flexibility index (Phi) is 10.6. The smallest absolute Gasteiger partial charge is 0.0662 e. The lowest BCUT2D eigenvalue weighted by Gasteiger charge is -2.31. The average Bonchev–Trinajstić information content (AvgIpc) is 2.71. The SMILES string of the molecule is CCCCCCc1ccc(CC(C#N)C2CCC(CCCCC)CC2)cc1. The summed E-state index contributed by atoms with van der Waals surface area (Å²) in [6.45, 7) is 4.55. The van der Waals surface area contributed by atoms with E-state index < -0.39 is 0 Å². The van der Waals surface area contributed by atoms with Crippen molar-refractivity contribution in [1.82, 2.24) is 0 Å². The maximum absolute atomic E-state index is 9.75. The Morgan fingerprint density at radius 1 is 0.852 bits per heavy atom. The second kappa shape index (κ2) is 13.0. The molecule has 1 aliphatic rings. The van der Waals surface area contributed by atoms with Gasteiger partial charge in [0.15, 0.2) is 0 Å². The summed E-state index contributed by atoms with van der Waals surface area (Å²) in [5.74, 6) is 1.75. The third-order valence-corrected chi connectivity index (χ3v) is 6.64. The van der Waals surface area contributed by atoms with Crippen molar-refractivity contribution in [1.29, 1.82) is 5.26 Å². The van der Waals surface area contributed by atoms with Gasteiger partial charge in [-0.05, 0) is 55.1 Å². The predicted octanol–water partition coefficient (Wildman–Crippen LogP) is 7.88. The number of unbranched alkanes of at least 4 members (excludes halogenated alkanes) is 5. The van der Waals surface area contributed by atoms with Crippen molar-refractivity contribution < 1.29 is 0 Å². The molecular formula is C26H41N. The first-order valence-electron chi connectivity index (χ1n) is 11.7. The summed E-state index contributed by atoms with van der Waals surface area (Å²) >= 11 is 0. The van der Waals surface area contributed by atoms with Crippen molar-refractivity contribution >= 4 is 0 Å². The van der Waals surface area contributed by atoms with Gasteiger partial charge in [-0.1, -0.05) is 95.9 Å². The van der Waals surface area contributed by atoms with Crippen LogP contribution in [0.15, 0.2) is 24.3 Å². The molecule has 1 unspecified atom stereocenters. The van der Waals surface area contributed by atoms with Crippen molar-refractivity contribution in [3.05, 3.63) is 35.4 Å². The minimum absolute atomic E-state index is 0.206. The fourth-order valence-corrected chi connectivity index (χ4v) is 4.73. The zero-order valence-electron chi connectivity index (χ0n) is 17.9. The minimum Gasteiger partial charge on any atom is -0.198 e. The fraction of sp³-hybridized carbons (Fsp3) is 0.731. The standard InChI is InChI=1S/C26H41N/c1-3-5-7-9-11-22-12-14-24(15-13-22)20-26(21-27)25-18-16-23(17-19-25)10-8-6-4-2/h12-15,23,25-26H,3-11,16-20H2,1-2H3. The van der Waals surface area contributed by atoms with E-state index in [0.717, 1.165) is 12.3 Å².